The predicted octanol–water partition coefficient (Wildman–Crippen LogP) is 0.581. The highest BCUT2D eigenvalue weighted by molar-refractivity contribution is 5.77. The summed E-state index contributed by atoms with van der Waals surface area (Å²) in [5, 5.41) is 2.75. The molecule has 0 saturated carbocycles. The maximum atomic E-state index is 11.0. The van der Waals surface area contributed by atoms with Crippen molar-refractivity contribution >= 4 is 16.9 Å². The molecule has 0 unspecified atom stereocenters. The molecule has 0 aliphatic carbocycles. The number of nitrogens with one attached hydrogen (secondary N) is 1. The van der Waals surface area contributed by atoms with Crippen LogP contribution in [0, 0.1) is 0 Å². The van der Waals surface area contributed by atoms with Crippen LogP contribution in [0.1, 0.15) is 12.2 Å². The molecule has 0 saturated heterocycles. The lowest BCUT2D eigenvalue weighted by Gasteiger charge is -2.04. The van der Waals surface area contributed by atoms with Crippen molar-refractivity contribution in [3.05, 3.63) is 30.1 Å². The number of fused-ring (bicyclic) bond motifs is 1. The molecule has 96 valence electrons. The minimum absolute atomic E-state index is 0.0479. The highest BCUT2D eigenvalue weighted by Gasteiger charge is 2.06. The molecule has 0 bridgehead atoms. The van der Waals surface area contributed by atoms with Crippen LogP contribution in [0.15, 0.2) is 24.3 Å². The van der Waals surface area contributed by atoms with Crippen molar-refractivity contribution < 1.29 is 4.79 Å². The van der Waals surface area contributed by atoms with E-state index in [1.54, 1.807) is 0 Å². The van der Waals surface area contributed by atoms with E-state index in [0.29, 0.717) is 6.54 Å². The van der Waals surface area contributed by atoms with Gasteiger partial charge >= 0.3 is 0 Å². The second kappa shape index (κ2) is 5.64. The Morgan fingerprint density at radius 1 is 1.44 bits per heavy atom. The monoisotopic (exact) mass is 246 g/mol. The van der Waals surface area contributed by atoms with Crippen LogP contribution < -0.4 is 11.1 Å². The lowest BCUT2D eigenvalue weighted by atomic mass is 10.3. The zero-order valence-electron chi connectivity index (χ0n) is 10.5. The summed E-state index contributed by atoms with van der Waals surface area (Å²) in [6.07, 6.45) is 1.71. The molecule has 0 radical (unpaired) electrons. The van der Waals surface area contributed by atoms with E-state index in [0.717, 1.165) is 29.7 Å². The van der Waals surface area contributed by atoms with Gasteiger partial charge in [0.25, 0.3) is 0 Å². The van der Waals surface area contributed by atoms with Gasteiger partial charge in [0.2, 0.25) is 5.91 Å². The van der Waals surface area contributed by atoms with E-state index < -0.39 is 0 Å². The number of benzene rings is 1. The number of carbonyl (C=O) groups excluding carboxylic acids is 1. The Balaban J connectivity index is 1.95. The Morgan fingerprint density at radius 3 is 2.94 bits per heavy atom. The zero-order valence-corrected chi connectivity index (χ0v) is 10.5. The molecule has 1 aromatic heterocycles. The molecule has 0 fully saturated rings. The second-order valence-corrected chi connectivity index (χ2v) is 4.23. The maximum Gasteiger partial charge on any atom is 0.233 e. The summed E-state index contributed by atoms with van der Waals surface area (Å²) in [6, 6.07) is 8.06. The fraction of sp³-hybridized carbons (Fsp3) is 0.385. The van der Waals surface area contributed by atoms with Gasteiger partial charge in [-0.15, -0.1) is 0 Å². The van der Waals surface area contributed by atoms with Gasteiger partial charge in [-0.25, -0.2) is 4.98 Å². The van der Waals surface area contributed by atoms with Crippen molar-refractivity contribution in [2.24, 2.45) is 12.8 Å². The highest BCUT2D eigenvalue weighted by Crippen LogP contribution is 2.14. The molecule has 18 heavy (non-hydrogen) atoms. The van der Waals surface area contributed by atoms with Gasteiger partial charge in [0.15, 0.2) is 0 Å². The normalized spacial score (nSPS) is 10.8. The van der Waals surface area contributed by atoms with Gasteiger partial charge in [-0.05, 0) is 18.6 Å². The third kappa shape index (κ3) is 2.68. The Morgan fingerprint density at radius 2 is 2.22 bits per heavy atom. The molecule has 0 spiro atoms. The van der Waals surface area contributed by atoms with Gasteiger partial charge in [-0.1, -0.05) is 12.1 Å². The van der Waals surface area contributed by atoms with Crippen molar-refractivity contribution in [3.8, 4) is 0 Å². The number of carbonyl (C=O) groups is 1. The van der Waals surface area contributed by atoms with Crippen LogP contribution in [-0.4, -0.2) is 28.5 Å². The van der Waals surface area contributed by atoms with Gasteiger partial charge in [-0.2, -0.15) is 0 Å². The minimum Gasteiger partial charge on any atom is -0.355 e. The van der Waals surface area contributed by atoms with Crippen molar-refractivity contribution in [1.29, 1.82) is 0 Å². The standard InChI is InChI=1S/C13H18N4O/c1-17-11-6-3-2-5-10(11)16-12(17)7-4-8-15-13(18)9-14/h2-3,5-6H,4,7-9,14H2,1H3,(H,15,18). The number of aryl methyl sites for hydroxylation is 2. The third-order valence-corrected chi connectivity index (χ3v) is 2.96. The van der Waals surface area contributed by atoms with Gasteiger partial charge in [0.05, 0.1) is 17.6 Å². The fourth-order valence-electron chi connectivity index (χ4n) is 1.97. The minimum atomic E-state index is -0.111. The van der Waals surface area contributed by atoms with E-state index in [9.17, 15) is 4.79 Å². The summed E-state index contributed by atoms with van der Waals surface area (Å²) >= 11 is 0. The maximum absolute atomic E-state index is 11.0. The molecule has 1 amide bonds. The van der Waals surface area contributed by atoms with Crippen LogP contribution in [0.4, 0.5) is 0 Å². The van der Waals surface area contributed by atoms with E-state index in [4.69, 9.17) is 5.73 Å². The van der Waals surface area contributed by atoms with Crippen molar-refractivity contribution in [3.63, 3.8) is 0 Å². The fourth-order valence-corrected chi connectivity index (χ4v) is 1.97. The topological polar surface area (TPSA) is 72.9 Å². The molecule has 1 heterocycles. The van der Waals surface area contributed by atoms with Crippen LogP contribution in [0.3, 0.4) is 0 Å². The molecule has 5 nitrogen and oxygen atoms in total. The molecule has 2 rings (SSSR count). The number of nitrogens with zero attached hydrogens (tertiary/aromatic N) is 2. The number of para-hydroxylation sites is 2. The largest absolute Gasteiger partial charge is 0.355 e. The summed E-state index contributed by atoms with van der Waals surface area (Å²) < 4.78 is 2.10. The van der Waals surface area contributed by atoms with Crippen LogP contribution >= 0.6 is 0 Å². The number of hydrogen-bond acceptors (Lipinski definition) is 3. The molecular formula is C13H18N4O. The summed E-state index contributed by atoms with van der Waals surface area (Å²) in [7, 11) is 2.02. The average molecular weight is 246 g/mol. The van der Waals surface area contributed by atoms with E-state index in [1.807, 2.05) is 25.2 Å². The van der Waals surface area contributed by atoms with Crippen molar-refractivity contribution in [2.45, 2.75) is 12.8 Å². The van der Waals surface area contributed by atoms with Gasteiger partial charge in [0, 0.05) is 20.0 Å². The highest BCUT2D eigenvalue weighted by atomic mass is 16.1. The van der Waals surface area contributed by atoms with Crippen LogP contribution in [0.5, 0.6) is 0 Å². The Hall–Kier alpha value is -1.88. The molecule has 0 aliphatic heterocycles. The molecule has 2 aromatic rings. The first-order valence-corrected chi connectivity index (χ1v) is 6.09. The first kappa shape index (κ1) is 12.6. The predicted molar refractivity (Wildman–Crippen MR) is 71.1 cm³/mol. The number of nitrogens with two attached hydrogens (primary N) is 1. The quantitative estimate of drug-likeness (QED) is 0.758. The second-order valence-electron chi connectivity index (χ2n) is 4.23. The Labute approximate surface area is 106 Å². The molecular weight excluding hydrogens is 228 g/mol. The van der Waals surface area contributed by atoms with Gasteiger partial charge in [0.1, 0.15) is 5.82 Å². The van der Waals surface area contributed by atoms with E-state index in [-0.39, 0.29) is 12.5 Å². The Bertz CT molecular complexity index is 547. The Kier molecular flexibility index (Phi) is 3.94. The number of rotatable bonds is 5. The summed E-state index contributed by atoms with van der Waals surface area (Å²) in [6.45, 7) is 0.686. The number of amides is 1. The molecule has 0 atom stereocenters. The third-order valence-electron chi connectivity index (χ3n) is 2.96. The van der Waals surface area contributed by atoms with Crippen molar-refractivity contribution in [1.82, 2.24) is 14.9 Å². The van der Waals surface area contributed by atoms with Crippen LogP contribution in [0.25, 0.3) is 11.0 Å². The van der Waals surface area contributed by atoms with Crippen molar-refractivity contribution in [2.75, 3.05) is 13.1 Å². The first-order chi connectivity index (χ1) is 8.72. The zero-order chi connectivity index (χ0) is 13.0. The van der Waals surface area contributed by atoms with E-state index in [1.165, 1.54) is 0 Å². The molecule has 0 aliphatic rings. The molecule has 5 heteroatoms. The lowest BCUT2D eigenvalue weighted by Crippen LogP contribution is -2.31. The molecule has 1 aromatic carbocycles. The summed E-state index contributed by atoms with van der Waals surface area (Å²) in [4.78, 5) is 15.5. The lowest BCUT2D eigenvalue weighted by molar-refractivity contribution is -0.119. The van der Waals surface area contributed by atoms with Crippen LogP contribution in [0.2, 0.25) is 0 Å². The summed E-state index contributed by atoms with van der Waals surface area (Å²) in [5.74, 6) is 0.929. The van der Waals surface area contributed by atoms with Crippen LogP contribution in [-0.2, 0) is 18.3 Å². The smallest absolute Gasteiger partial charge is 0.233 e. The molecule has 3 N–H and O–H groups in total. The number of aromatic nitrogens is 2. The summed E-state index contributed by atoms with van der Waals surface area (Å²) in [5.41, 5.74) is 7.36. The van der Waals surface area contributed by atoms with E-state index >= 15 is 0 Å². The first-order valence-electron chi connectivity index (χ1n) is 6.09. The van der Waals surface area contributed by atoms with Gasteiger partial charge < -0.3 is 15.6 Å². The average Bonchev–Trinajstić information content (AvgIpc) is 2.72. The number of hydrogen-bond donors (Lipinski definition) is 2. The number of imidazole rings is 1. The SMILES string of the molecule is Cn1c(CCCNC(=O)CN)nc2ccccc21. The van der Waals surface area contributed by atoms with Gasteiger partial charge in [-0.3, -0.25) is 4.79 Å². The van der Waals surface area contributed by atoms with E-state index in [2.05, 4.69) is 20.9 Å².